The first-order valence-corrected chi connectivity index (χ1v) is 13.2. The molecule has 0 radical (unpaired) electrons. The zero-order valence-electron chi connectivity index (χ0n) is 21.4. The highest BCUT2D eigenvalue weighted by molar-refractivity contribution is 6.21. The fourth-order valence-corrected chi connectivity index (χ4v) is 6.14. The summed E-state index contributed by atoms with van der Waals surface area (Å²) in [6, 6.07) is 12.4. The van der Waals surface area contributed by atoms with Crippen LogP contribution in [0.4, 0.5) is 18.9 Å². The molecule has 2 aromatic carbocycles. The molecule has 1 aliphatic carbocycles. The first-order chi connectivity index (χ1) is 19.2. The van der Waals surface area contributed by atoms with Crippen LogP contribution >= 0.6 is 11.6 Å². The van der Waals surface area contributed by atoms with Gasteiger partial charge < -0.3 is 20.1 Å². The van der Waals surface area contributed by atoms with Crippen LogP contribution in [0.2, 0.25) is 0 Å². The fraction of sp³-hybridized carbons (Fsp3) is 0.345. The molecule has 7 nitrogen and oxygen atoms in total. The molecule has 1 aliphatic heterocycles. The number of rotatable bonds is 7. The molecule has 11 heteroatoms. The summed E-state index contributed by atoms with van der Waals surface area (Å²) in [6.45, 7) is -0.101. The van der Waals surface area contributed by atoms with Crippen LogP contribution in [0.3, 0.4) is 0 Å². The number of amides is 2. The Balaban J connectivity index is 1.44. The Labute approximate surface area is 233 Å². The first kappa shape index (κ1) is 27.9. The van der Waals surface area contributed by atoms with E-state index in [0.29, 0.717) is 0 Å². The maximum atomic E-state index is 14.9. The Kier molecular flexibility index (Phi) is 7.74. The van der Waals surface area contributed by atoms with Crippen molar-refractivity contribution in [2.24, 2.45) is 11.8 Å². The summed E-state index contributed by atoms with van der Waals surface area (Å²) in [5.74, 6) is -3.81. The van der Waals surface area contributed by atoms with Gasteiger partial charge in [0, 0.05) is 41.8 Å². The highest BCUT2D eigenvalue weighted by Crippen LogP contribution is 2.50. The number of halogens is 4. The largest absolute Gasteiger partial charge is 0.496 e. The molecule has 2 N–H and O–H groups in total. The van der Waals surface area contributed by atoms with Crippen LogP contribution in [0.1, 0.15) is 34.3 Å². The minimum absolute atomic E-state index is 0.0395. The van der Waals surface area contributed by atoms with Gasteiger partial charge in [-0.15, -0.1) is 11.6 Å². The van der Waals surface area contributed by atoms with Crippen molar-refractivity contribution in [3.8, 4) is 5.75 Å². The summed E-state index contributed by atoms with van der Waals surface area (Å²) in [5.41, 5.74) is -2.06. The Morgan fingerprint density at radius 3 is 2.65 bits per heavy atom. The van der Waals surface area contributed by atoms with Crippen LogP contribution in [-0.2, 0) is 10.4 Å². The summed E-state index contributed by atoms with van der Waals surface area (Å²) in [4.78, 5) is 31.7. The molecule has 1 saturated carbocycles. The summed E-state index contributed by atoms with van der Waals surface area (Å²) >= 11 is 6.71. The Hall–Kier alpha value is -3.63. The Morgan fingerprint density at radius 2 is 1.98 bits per heavy atom. The number of methoxy groups -OCH3 is 1. The van der Waals surface area contributed by atoms with Gasteiger partial charge in [0.2, 0.25) is 12.0 Å². The van der Waals surface area contributed by atoms with Crippen molar-refractivity contribution in [2.75, 3.05) is 18.6 Å². The minimum Gasteiger partial charge on any atom is -0.496 e. The van der Waals surface area contributed by atoms with Crippen molar-refractivity contribution in [1.29, 1.82) is 0 Å². The lowest BCUT2D eigenvalue weighted by atomic mass is 9.77. The number of alkyl halides is 3. The quantitative estimate of drug-likeness (QED) is 0.406. The molecule has 1 fully saturated rings. The minimum atomic E-state index is -2.76. The lowest BCUT2D eigenvalue weighted by molar-refractivity contribution is -0.132. The van der Waals surface area contributed by atoms with Crippen molar-refractivity contribution < 1.29 is 32.6 Å². The van der Waals surface area contributed by atoms with Crippen LogP contribution in [0, 0.1) is 17.7 Å². The molecule has 2 heterocycles. The number of carbonyl (C=O) groups excluding carboxylic acids is 2. The molecule has 40 heavy (non-hydrogen) atoms. The van der Waals surface area contributed by atoms with Crippen LogP contribution < -0.4 is 15.0 Å². The number of ether oxygens (including phenoxy) is 1. The number of anilines is 1. The predicted molar refractivity (Wildman–Crippen MR) is 142 cm³/mol. The van der Waals surface area contributed by atoms with Crippen molar-refractivity contribution in [2.45, 2.75) is 36.3 Å². The third kappa shape index (κ3) is 4.79. The van der Waals surface area contributed by atoms with Crippen molar-refractivity contribution in [3.05, 3.63) is 89.5 Å². The molecular weight excluding hydrogens is 547 g/mol. The number of aliphatic hydroxyl groups is 1. The first-order valence-electron chi connectivity index (χ1n) is 12.8. The van der Waals surface area contributed by atoms with E-state index in [9.17, 15) is 27.9 Å². The second-order valence-corrected chi connectivity index (χ2v) is 10.6. The molecular formula is C29H27ClF3N3O4. The van der Waals surface area contributed by atoms with Gasteiger partial charge in [0.05, 0.1) is 23.9 Å². The number of hydrogen-bond donors (Lipinski definition) is 2. The normalized spacial score (nSPS) is 26.1. The summed E-state index contributed by atoms with van der Waals surface area (Å²) in [6.07, 6.45) is 0.0306. The SMILES string of the molecule is COc1cccc2c1[C@@](O)(c1ccccc1F)C(=O)N2C[C@H]1C[C@@H](C(F)F)[C@H](NC(=O)c2cccnc2)C[C@H]1Cl. The lowest BCUT2D eigenvalue weighted by Gasteiger charge is -2.40. The van der Waals surface area contributed by atoms with Crippen LogP contribution in [0.15, 0.2) is 67.0 Å². The molecule has 2 aliphatic rings. The van der Waals surface area contributed by atoms with E-state index in [1.807, 2.05) is 0 Å². The number of fused-ring (bicyclic) bond motifs is 1. The molecule has 0 bridgehead atoms. The second-order valence-electron chi connectivity index (χ2n) is 10.0. The third-order valence-electron chi connectivity index (χ3n) is 7.76. The summed E-state index contributed by atoms with van der Waals surface area (Å²) in [7, 11) is 1.37. The topological polar surface area (TPSA) is 91.8 Å². The molecule has 5 rings (SSSR count). The number of aromatic nitrogens is 1. The smallest absolute Gasteiger partial charge is 0.268 e. The van der Waals surface area contributed by atoms with Gasteiger partial charge in [0.1, 0.15) is 11.6 Å². The van der Waals surface area contributed by atoms with Crippen molar-refractivity contribution in [1.82, 2.24) is 10.3 Å². The summed E-state index contributed by atoms with van der Waals surface area (Å²) in [5, 5.41) is 13.8. The van der Waals surface area contributed by atoms with Gasteiger partial charge in [-0.25, -0.2) is 13.2 Å². The van der Waals surface area contributed by atoms with E-state index in [4.69, 9.17) is 16.3 Å². The van der Waals surface area contributed by atoms with E-state index in [2.05, 4.69) is 10.3 Å². The highest BCUT2D eigenvalue weighted by atomic mass is 35.5. The van der Waals surface area contributed by atoms with Crippen molar-refractivity contribution >= 4 is 29.1 Å². The molecule has 2 amide bonds. The molecule has 1 aromatic heterocycles. The van der Waals surface area contributed by atoms with Crippen LogP contribution in [0.5, 0.6) is 5.75 Å². The Morgan fingerprint density at radius 1 is 1.20 bits per heavy atom. The average Bonchev–Trinajstić information content (AvgIpc) is 3.17. The van der Waals surface area contributed by atoms with E-state index < -0.39 is 52.9 Å². The Bertz CT molecular complexity index is 1410. The van der Waals surface area contributed by atoms with E-state index in [0.717, 1.165) is 6.07 Å². The van der Waals surface area contributed by atoms with E-state index in [-0.39, 0.29) is 47.5 Å². The van der Waals surface area contributed by atoms with E-state index in [1.165, 1.54) is 48.7 Å². The van der Waals surface area contributed by atoms with Crippen LogP contribution in [0.25, 0.3) is 0 Å². The standard InChI is InChI=1S/C29H27ClF3N3O4/c1-40-24-10-4-9-23-25(24)29(39,19-7-2-3-8-21(19)31)28(38)36(23)15-17-12-18(26(32)33)22(13-20(17)30)35-27(37)16-6-5-11-34-14-16/h2-11,14,17-18,20,22,26,39H,12-13,15H2,1H3,(H,35,37)/t17-,18-,20-,22-,29+/m1/s1. The van der Waals surface area contributed by atoms with E-state index in [1.54, 1.807) is 24.3 Å². The lowest BCUT2D eigenvalue weighted by Crippen LogP contribution is -2.52. The maximum absolute atomic E-state index is 14.9. The molecule has 3 aromatic rings. The number of hydrogen-bond acceptors (Lipinski definition) is 5. The highest BCUT2D eigenvalue weighted by Gasteiger charge is 2.55. The molecule has 0 spiro atoms. The second kappa shape index (κ2) is 11.1. The third-order valence-corrected chi connectivity index (χ3v) is 8.29. The van der Waals surface area contributed by atoms with Gasteiger partial charge >= 0.3 is 0 Å². The average molecular weight is 574 g/mol. The van der Waals surface area contributed by atoms with Gasteiger partial charge in [0.15, 0.2) is 0 Å². The van der Waals surface area contributed by atoms with E-state index >= 15 is 0 Å². The van der Waals surface area contributed by atoms with Gasteiger partial charge in [-0.3, -0.25) is 14.6 Å². The van der Waals surface area contributed by atoms with Gasteiger partial charge in [-0.1, -0.05) is 24.3 Å². The monoisotopic (exact) mass is 573 g/mol. The molecule has 210 valence electrons. The molecule has 5 atom stereocenters. The number of carbonyl (C=O) groups is 2. The van der Waals surface area contributed by atoms with Crippen molar-refractivity contribution in [3.63, 3.8) is 0 Å². The summed E-state index contributed by atoms with van der Waals surface area (Å²) < 4.78 is 48.9. The number of nitrogens with zero attached hydrogens (tertiary/aromatic N) is 2. The van der Waals surface area contributed by atoms with Gasteiger partial charge in [-0.2, -0.15) is 0 Å². The predicted octanol–water partition coefficient (Wildman–Crippen LogP) is 4.51. The maximum Gasteiger partial charge on any atom is 0.268 e. The van der Waals surface area contributed by atoms with Gasteiger partial charge in [-0.05, 0) is 49.1 Å². The number of pyridine rings is 1. The zero-order chi connectivity index (χ0) is 28.6. The zero-order valence-corrected chi connectivity index (χ0v) is 22.2. The fourth-order valence-electron chi connectivity index (χ4n) is 5.76. The van der Waals surface area contributed by atoms with Gasteiger partial charge in [0.25, 0.3) is 11.8 Å². The number of benzene rings is 2. The molecule has 0 saturated heterocycles. The molecule has 0 unspecified atom stereocenters. The van der Waals surface area contributed by atoms with Crippen LogP contribution in [-0.4, -0.2) is 53.4 Å². The number of nitrogens with one attached hydrogen (secondary N) is 1.